The van der Waals surface area contributed by atoms with Crippen LogP contribution in [0.2, 0.25) is 0 Å². The normalized spacial score (nSPS) is 16.5. The fourth-order valence-electron chi connectivity index (χ4n) is 2.93. The van der Waals surface area contributed by atoms with Crippen LogP contribution in [0.4, 0.5) is 0 Å². The van der Waals surface area contributed by atoms with E-state index in [0.29, 0.717) is 6.54 Å². The molecule has 2 N–H and O–H groups in total. The molecule has 0 saturated carbocycles. The van der Waals surface area contributed by atoms with Gasteiger partial charge in [-0.15, -0.1) is 0 Å². The molecule has 0 fully saturated rings. The van der Waals surface area contributed by atoms with Crippen LogP contribution in [0.15, 0.2) is 42.5 Å². The molecule has 4 nitrogen and oxygen atoms in total. The highest BCUT2D eigenvalue weighted by molar-refractivity contribution is 5.82. The Morgan fingerprint density at radius 3 is 2.83 bits per heavy atom. The lowest BCUT2D eigenvalue weighted by Crippen LogP contribution is -2.47. The molecule has 0 bridgehead atoms. The first-order valence-electron chi connectivity index (χ1n) is 7.89. The fraction of sp³-hybridized carbons (Fsp3) is 0.316. The molecule has 0 radical (unpaired) electrons. The van der Waals surface area contributed by atoms with Gasteiger partial charge in [0.05, 0.1) is 13.2 Å². The van der Waals surface area contributed by atoms with Crippen molar-refractivity contribution in [2.24, 2.45) is 0 Å². The van der Waals surface area contributed by atoms with E-state index in [1.54, 1.807) is 7.11 Å². The summed E-state index contributed by atoms with van der Waals surface area (Å²) < 4.78 is 5.32. The summed E-state index contributed by atoms with van der Waals surface area (Å²) in [4.78, 5) is 12.4. The maximum Gasteiger partial charge on any atom is 0.237 e. The minimum absolute atomic E-state index is 0.0408. The average Bonchev–Trinajstić information content (AvgIpc) is 2.60. The van der Waals surface area contributed by atoms with Crippen molar-refractivity contribution in [2.45, 2.75) is 32.5 Å². The summed E-state index contributed by atoms with van der Waals surface area (Å²) in [7, 11) is 1.66. The lowest BCUT2D eigenvalue weighted by molar-refractivity contribution is -0.123. The van der Waals surface area contributed by atoms with Crippen LogP contribution in [0.25, 0.3) is 0 Å². The molecule has 1 aliphatic rings. The number of rotatable bonds is 4. The molecule has 1 amide bonds. The summed E-state index contributed by atoms with van der Waals surface area (Å²) in [6.45, 7) is 3.26. The van der Waals surface area contributed by atoms with E-state index in [1.807, 2.05) is 37.3 Å². The molecule has 0 aliphatic carbocycles. The Balaban J connectivity index is 1.60. The van der Waals surface area contributed by atoms with Gasteiger partial charge in [-0.1, -0.05) is 36.4 Å². The number of methoxy groups -OCH3 is 1. The van der Waals surface area contributed by atoms with Crippen molar-refractivity contribution in [1.29, 1.82) is 0 Å². The maximum absolute atomic E-state index is 12.4. The van der Waals surface area contributed by atoms with Crippen LogP contribution < -0.4 is 15.4 Å². The van der Waals surface area contributed by atoms with Crippen molar-refractivity contribution in [3.63, 3.8) is 0 Å². The van der Waals surface area contributed by atoms with Crippen LogP contribution in [0.5, 0.6) is 5.75 Å². The second kappa shape index (κ2) is 6.84. The molecule has 0 unspecified atom stereocenters. The van der Waals surface area contributed by atoms with E-state index < -0.39 is 0 Å². The highest BCUT2D eigenvalue weighted by atomic mass is 16.5. The first kappa shape index (κ1) is 15.6. The van der Waals surface area contributed by atoms with Crippen LogP contribution in [-0.2, 0) is 24.3 Å². The first-order valence-corrected chi connectivity index (χ1v) is 7.89. The lowest BCUT2D eigenvalue weighted by Gasteiger charge is -2.25. The van der Waals surface area contributed by atoms with Crippen molar-refractivity contribution < 1.29 is 9.53 Å². The summed E-state index contributed by atoms with van der Waals surface area (Å²) in [5, 5.41) is 6.32. The third-order valence-corrected chi connectivity index (χ3v) is 4.34. The van der Waals surface area contributed by atoms with Gasteiger partial charge >= 0.3 is 0 Å². The van der Waals surface area contributed by atoms with Crippen LogP contribution in [0.1, 0.15) is 22.3 Å². The summed E-state index contributed by atoms with van der Waals surface area (Å²) in [6.07, 6.45) is 0.735. The predicted octanol–water partition coefficient (Wildman–Crippen LogP) is 2.33. The van der Waals surface area contributed by atoms with Gasteiger partial charge in [-0.25, -0.2) is 0 Å². The number of fused-ring (bicyclic) bond motifs is 1. The SMILES string of the molecule is COc1cc(CNC(=O)[C@H]2Cc3ccccc3CN2)ccc1C. The number of ether oxygens (including phenoxy) is 1. The zero-order valence-corrected chi connectivity index (χ0v) is 13.6. The Morgan fingerprint density at radius 1 is 1.26 bits per heavy atom. The van der Waals surface area contributed by atoms with Crippen molar-refractivity contribution in [2.75, 3.05) is 7.11 Å². The summed E-state index contributed by atoms with van der Waals surface area (Å²) in [5.74, 6) is 0.889. The average molecular weight is 310 g/mol. The van der Waals surface area contributed by atoms with Gasteiger partial charge in [-0.2, -0.15) is 0 Å². The van der Waals surface area contributed by atoms with Crippen molar-refractivity contribution in [1.82, 2.24) is 10.6 Å². The van der Waals surface area contributed by atoms with Gasteiger partial charge in [0.2, 0.25) is 5.91 Å². The molecule has 0 spiro atoms. The Hall–Kier alpha value is -2.33. The molecule has 23 heavy (non-hydrogen) atoms. The molecule has 0 saturated heterocycles. The molecule has 0 aromatic heterocycles. The predicted molar refractivity (Wildman–Crippen MR) is 90.4 cm³/mol. The quantitative estimate of drug-likeness (QED) is 0.911. The zero-order valence-electron chi connectivity index (χ0n) is 13.6. The van der Waals surface area contributed by atoms with Gasteiger partial charge in [-0.3, -0.25) is 4.79 Å². The monoisotopic (exact) mass is 310 g/mol. The first-order chi connectivity index (χ1) is 11.2. The zero-order chi connectivity index (χ0) is 16.2. The molecule has 2 aromatic carbocycles. The molecule has 2 aromatic rings. The molecule has 120 valence electrons. The van der Waals surface area contributed by atoms with E-state index in [9.17, 15) is 4.79 Å². The fourth-order valence-corrected chi connectivity index (χ4v) is 2.93. The highest BCUT2D eigenvalue weighted by Crippen LogP contribution is 2.19. The van der Waals surface area contributed by atoms with Crippen LogP contribution >= 0.6 is 0 Å². The summed E-state index contributed by atoms with van der Waals surface area (Å²) in [5.41, 5.74) is 4.66. The van der Waals surface area contributed by atoms with Gasteiger partial charge < -0.3 is 15.4 Å². The molecular weight excluding hydrogens is 288 g/mol. The van der Waals surface area contributed by atoms with E-state index in [-0.39, 0.29) is 11.9 Å². The van der Waals surface area contributed by atoms with Gasteiger partial charge in [0, 0.05) is 13.1 Å². The summed E-state index contributed by atoms with van der Waals surface area (Å²) in [6, 6.07) is 14.1. The number of hydrogen-bond donors (Lipinski definition) is 2. The maximum atomic E-state index is 12.4. The van der Waals surface area contributed by atoms with Crippen molar-refractivity contribution in [3.05, 3.63) is 64.7 Å². The molecule has 3 rings (SSSR count). The number of nitrogens with one attached hydrogen (secondary N) is 2. The Bertz CT molecular complexity index is 712. The second-order valence-corrected chi connectivity index (χ2v) is 5.93. The number of aryl methyl sites for hydroxylation is 1. The Labute approximate surface area is 136 Å². The smallest absolute Gasteiger partial charge is 0.237 e. The summed E-state index contributed by atoms with van der Waals surface area (Å²) >= 11 is 0. The van der Waals surface area contributed by atoms with Gasteiger partial charge in [-0.05, 0) is 41.7 Å². The van der Waals surface area contributed by atoms with Gasteiger partial charge in [0.15, 0.2) is 0 Å². The standard InChI is InChI=1S/C19H22N2O2/c1-13-7-8-14(9-18(13)23-2)11-21-19(22)17-10-15-5-3-4-6-16(15)12-20-17/h3-9,17,20H,10-12H2,1-2H3,(H,21,22)/t17-/m1/s1. The van der Waals surface area contributed by atoms with Crippen LogP contribution in [0, 0.1) is 6.92 Å². The van der Waals surface area contributed by atoms with E-state index in [4.69, 9.17) is 4.74 Å². The van der Waals surface area contributed by atoms with Gasteiger partial charge in [0.1, 0.15) is 5.75 Å². The minimum atomic E-state index is -0.169. The van der Waals surface area contributed by atoms with Crippen molar-refractivity contribution >= 4 is 5.91 Å². The highest BCUT2D eigenvalue weighted by Gasteiger charge is 2.23. The molecule has 1 heterocycles. The van der Waals surface area contributed by atoms with E-state index in [0.717, 1.165) is 29.8 Å². The molecular formula is C19H22N2O2. The number of carbonyl (C=O) groups is 1. The Kier molecular flexibility index (Phi) is 4.63. The number of hydrogen-bond acceptors (Lipinski definition) is 3. The van der Waals surface area contributed by atoms with E-state index in [2.05, 4.69) is 22.8 Å². The van der Waals surface area contributed by atoms with Crippen molar-refractivity contribution in [3.8, 4) is 5.75 Å². The van der Waals surface area contributed by atoms with E-state index in [1.165, 1.54) is 11.1 Å². The number of amides is 1. The van der Waals surface area contributed by atoms with E-state index >= 15 is 0 Å². The molecule has 1 aliphatic heterocycles. The lowest BCUT2D eigenvalue weighted by atomic mass is 9.95. The topological polar surface area (TPSA) is 50.4 Å². The van der Waals surface area contributed by atoms with Crippen LogP contribution in [-0.4, -0.2) is 19.1 Å². The van der Waals surface area contributed by atoms with Crippen LogP contribution in [0.3, 0.4) is 0 Å². The third kappa shape index (κ3) is 3.54. The molecule has 1 atom stereocenters. The second-order valence-electron chi connectivity index (χ2n) is 5.93. The largest absolute Gasteiger partial charge is 0.496 e. The molecule has 4 heteroatoms. The third-order valence-electron chi connectivity index (χ3n) is 4.34. The minimum Gasteiger partial charge on any atom is -0.496 e. The number of carbonyl (C=O) groups excluding carboxylic acids is 1. The Morgan fingerprint density at radius 2 is 2.04 bits per heavy atom. The van der Waals surface area contributed by atoms with Gasteiger partial charge in [0.25, 0.3) is 0 Å². The number of benzene rings is 2.